The Hall–Kier alpha value is -0.960. The SMILES string of the molecule is CSCC[C@H](NC(=O)CCOCC(F)(F)F)C(=O)O. The van der Waals surface area contributed by atoms with Crippen molar-refractivity contribution in [2.45, 2.75) is 25.1 Å². The standard InChI is InChI=1S/C10H16F3NO4S/c1-19-5-3-7(9(16)17)14-8(15)2-4-18-6-10(11,12)13/h7H,2-6H2,1H3,(H,14,15)(H,16,17)/t7-/m0/s1. The van der Waals surface area contributed by atoms with Crippen molar-refractivity contribution in [2.75, 3.05) is 25.2 Å². The predicted molar refractivity (Wildman–Crippen MR) is 64.1 cm³/mol. The Balaban J connectivity index is 3.90. The van der Waals surface area contributed by atoms with Gasteiger partial charge in [-0.15, -0.1) is 0 Å². The van der Waals surface area contributed by atoms with E-state index in [0.717, 1.165) is 0 Å². The maximum atomic E-state index is 11.7. The lowest BCUT2D eigenvalue weighted by atomic mass is 10.2. The van der Waals surface area contributed by atoms with Gasteiger partial charge in [-0.25, -0.2) is 4.79 Å². The second-order valence-electron chi connectivity index (χ2n) is 3.66. The Morgan fingerprint density at radius 2 is 2.05 bits per heavy atom. The number of carbonyl (C=O) groups is 2. The number of aliphatic carboxylic acids is 1. The van der Waals surface area contributed by atoms with Crippen molar-refractivity contribution in [1.82, 2.24) is 5.32 Å². The van der Waals surface area contributed by atoms with Gasteiger partial charge in [0.2, 0.25) is 5.91 Å². The number of alkyl halides is 3. The Bertz CT molecular complexity index is 299. The lowest BCUT2D eigenvalue weighted by Gasteiger charge is -2.14. The van der Waals surface area contributed by atoms with Crippen molar-refractivity contribution in [3.05, 3.63) is 0 Å². The molecule has 5 nitrogen and oxygen atoms in total. The molecule has 0 aromatic rings. The average Bonchev–Trinajstić information content (AvgIpc) is 2.28. The molecule has 0 spiro atoms. The van der Waals surface area contributed by atoms with Gasteiger partial charge in [-0.05, 0) is 18.4 Å². The molecule has 0 heterocycles. The number of carboxylic acid groups (broad SMARTS) is 1. The summed E-state index contributed by atoms with van der Waals surface area (Å²) in [5.74, 6) is -1.25. The molecule has 0 unspecified atom stereocenters. The van der Waals surface area contributed by atoms with E-state index in [9.17, 15) is 22.8 Å². The number of halogens is 3. The van der Waals surface area contributed by atoms with Gasteiger partial charge >= 0.3 is 12.1 Å². The van der Waals surface area contributed by atoms with Gasteiger partial charge in [0.15, 0.2) is 0 Å². The molecule has 0 bridgehead atoms. The fraction of sp³-hybridized carbons (Fsp3) is 0.800. The summed E-state index contributed by atoms with van der Waals surface area (Å²) in [4.78, 5) is 22.1. The van der Waals surface area contributed by atoms with Crippen molar-refractivity contribution < 1.29 is 32.6 Å². The van der Waals surface area contributed by atoms with Crippen LogP contribution in [0.1, 0.15) is 12.8 Å². The molecule has 0 saturated heterocycles. The van der Waals surface area contributed by atoms with Crippen LogP contribution in [0.3, 0.4) is 0 Å². The molecule has 1 atom stereocenters. The van der Waals surface area contributed by atoms with Crippen LogP contribution >= 0.6 is 11.8 Å². The highest BCUT2D eigenvalue weighted by atomic mass is 32.2. The number of nitrogens with one attached hydrogen (secondary N) is 1. The van der Waals surface area contributed by atoms with E-state index in [1.165, 1.54) is 11.8 Å². The monoisotopic (exact) mass is 303 g/mol. The van der Waals surface area contributed by atoms with E-state index < -0.39 is 37.3 Å². The number of carboxylic acids is 1. The number of carbonyl (C=O) groups excluding carboxylic acids is 1. The predicted octanol–water partition coefficient (Wildman–Crippen LogP) is 1.28. The molecular formula is C10H16F3NO4S. The zero-order valence-corrected chi connectivity index (χ0v) is 11.1. The number of amides is 1. The van der Waals surface area contributed by atoms with E-state index in [-0.39, 0.29) is 12.8 Å². The second kappa shape index (κ2) is 9.03. The van der Waals surface area contributed by atoms with Crippen molar-refractivity contribution >= 4 is 23.6 Å². The van der Waals surface area contributed by atoms with E-state index >= 15 is 0 Å². The van der Waals surface area contributed by atoms with Crippen LogP contribution in [0.25, 0.3) is 0 Å². The van der Waals surface area contributed by atoms with Crippen molar-refractivity contribution in [1.29, 1.82) is 0 Å². The third-order valence-electron chi connectivity index (χ3n) is 1.98. The van der Waals surface area contributed by atoms with Crippen LogP contribution in [0.15, 0.2) is 0 Å². The minimum absolute atomic E-state index is 0.256. The Morgan fingerprint density at radius 3 is 2.53 bits per heavy atom. The third-order valence-corrected chi connectivity index (χ3v) is 2.63. The first kappa shape index (κ1) is 18.0. The summed E-state index contributed by atoms with van der Waals surface area (Å²) < 4.78 is 39.4. The zero-order chi connectivity index (χ0) is 14.9. The number of hydrogen-bond donors (Lipinski definition) is 2. The maximum Gasteiger partial charge on any atom is 0.411 e. The van der Waals surface area contributed by atoms with E-state index in [1.807, 2.05) is 0 Å². The molecule has 9 heteroatoms. The van der Waals surface area contributed by atoms with E-state index in [4.69, 9.17) is 5.11 Å². The van der Waals surface area contributed by atoms with Crippen LogP contribution in [0.5, 0.6) is 0 Å². The molecule has 0 saturated carbocycles. The smallest absolute Gasteiger partial charge is 0.411 e. The summed E-state index contributed by atoms with van der Waals surface area (Å²) in [5.41, 5.74) is 0. The fourth-order valence-electron chi connectivity index (χ4n) is 1.11. The fourth-order valence-corrected chi connectivity index (χ4v) is 1.58. The van der Waals surface area contributed by atoms with Crippen LogP contribution < -0.4 is 5.32 Å². The summed E-state index contributed by atoms with van der Waals surface area (Å²) in [6.45, 7) is -1.82. The highest BCUT2D eigenvalue weighted by Crippen LogP contribution is 2.14. The normalized spacial score (nSPS) is 13.1. The molecule has 0 aliphatic carbocycles. The molecule has 0 aliphatic rings. The second-order valence-corrected chi connectivity index (χ2v) is 4.64. The van der Waals surface area contributed by atoms with Crippen molar-refractivity contribution in [3.63, 3.8) is 0 Å². The molecule has 0 fully saturated rings. The lowest BCUT2D eigenvalue weighted by molar-refractivity contribution is -0.174. The highest BCUT2D eigenvalue weighted by Gasteiger charge is 2.27. The number of thioether (sulfide) groups is 1. The van der Waals surface area contributed by atoms with E-state index in [0.29, 0.717) is 5.75 Å². The topological polar surface area (TPSA) is 75.6 Å². The highest BCUT2D eigenvalue weighted by molar-refractivity contribution is 7.98. The van der Waals surface area contributed by atoms with Crippen LogP contribution in [-0.4, -0.2) is 54.4 Å². The largest absolute Gasteiger partial charge is 0.480 e. The quantitative estimate of drug-likeness (QED) is 0.628. The molecular weight excluding hydrogens is 287 g/mol. The molecule has 0 aromatic heterocycles. The molecule has 0 rings (SSSR count). The summed E-state index contributed by atoms with van der Waals surface area (Å²) in [6, 6.07) is -1.03. The van der Waals surface area contributed by atoms with Gasteiger partial charge < -0.3 is 15.2 Å². The maximum absolute atomic E-state index is 11.7. The van der Waals surface area contributed by atoms with Gasteiger partial charge in [0.05, 0.1) is 6.61 Å². The molecule has 19 heavy (non-hydrogen) atoms. The molecule has 2 N–H and O–H groups in total. The summed E-state index contributed by atoms with van der Waals surface area (Å²) in [7, 11) is 0. The molecule has 112 valence electrons. The third kappa shape index (κ3) is 10.6. The van der Waals surface area contributed by atoms with Gasteiger partial charge in [-0.2, -0.15) is 24.9 Å². The average molecular weight is 303 g/mol. The Morgan fingerprint density at radius 1 is 1.42 bits per heavy atom. The van der Waals surface area contributed by atoms with Gasteiger partial charge in [-0.1, -0.05) is 0 Å². The molecule has 1 amide bonds. The van der Waals surface area contributed by atoms with Gasteiger partial charge in [0, 0.05) is 6.42 Å². The number of hydrogen-bond acceptors (Lipinski definition) is 4. The van der Waals surface area contributed by atoms with Crippen molar-refractivity contribution in [3.8, 4) is 0 Å². The van der Waals surface area contributed by atoms with E-state index in [1.54, 1.807) is 6.26 Å². The summed E-state index contributed by atoms with van der Waals surface area (Å²) >= 11 is 1.43. The van der Waals surface area contributed by atoms with Crippen LogP contribution in [0.2, 0.25) is 0 Å². The summed E-state index contributed by atoms with van der Waals surface area (Å²) in [6.07, 6.45) is -2.69. The van der Waals surface area contributed by atoms with E-state index in [2.05, 4.69) is 10.1 Å². The Labute approximate surface area is 112 Å². The Kier molecular flexibility index (Phi) is 8.57. The lowest BCUT2D eigenvalue weighted by Crippen LogP contribution is -2.41. The minimum Gasteiger partial charge on any atom is -0.480 e. The van der Waals surface area contributed by atoms with Crippen molar-refractivity contribution in [2.24, 2.45) is 0 Å². The molecule has 0 aliphatic heterocycles. The first-order valence-electron chi connectivity index (χ1n) is 5.42. The van der Waals surface area contributed by atoms with Crippen LogP contribution in [0, 0.1) is 0 Å². The number of rotatable bonds is 9. The molecule has 0 radical (unpaired) electrons. The van der Waals surface area contributed by atoms with Gasteiger partial charge in [-0.3, -0.25) is 4.79 Å². The zero-order valence-electron chi connectivity index (χ0n) is 10.3. The minimum atomic E-state index is -4.43. The first-order chi connectivity index (χ1) is 8.76. The number of ether oxygens (including phenoxy) is 1. The van der Waals surface area contributed by atoms with Crippen LogP contribution in [0.4, 0.5) is 13.2 Å². The first-order valence-corrected chi connectivity index (χ1v) is 6.81. The van der Waals surface area contributed by atoms with Gasteiger partial charge in [0.1, 0.15) is 12.6 Å². The van der Waals surface area contributed by atoms with Crippen LogP contribution in [-0.2, 0) is 14.3 Å². The molecule has 0 aromatic carbocycles. The summed E-state index contributed by atoms with van der Waals surface area (Å²) in [5, 5.41) is 11.1. The van der Waals surface area contributed by atoms with Gasteiger partial charge in [0.25, 0.3) is 0 Å².